The fraction of sp³-hybridized carbons (Fsp3) is 0.409. The van der Waals surface area contributed by atoms with E-state index in [0.717, 1.165) is 26.2 Å². The molecule has 190 valence electrons. The molecule has 0 spiro atoms. The number of amides is 2. The van der Waals surface area contributed by atoms with Crippen molar-refractivity contribution in [3.63, 3.8) is 0 Å². The van der Waals surface area contributed by atoms with Crippen molar-refractivity contribution in [3.8, 4) is 5.75 Å². The molecule has 0 aliphatic carbocycles. The van der Waals surface area contributed by atoms with Crippen LogP contribution in [0.1, 0.15) is 35.8 Å². The highest BCUT2D eigenvalue weighted by atomic mass is 19.4. The summed E-state index contributed by atoms with van der Waals surface area (Å²) in [6.07, 6.45) is -5.48. The second kappa shape index (κ2) is 9.74. The monoisotopic (exact) mass is 503 g/mol. The van der Waals surface area contributed by atoms with Crippen LogP contribution in [0, 0.1) is 17.6 Å². The summed E-state index contributed by atoms with van der Waals surface area (Å²) in [4.78, 5) is 33.4. The third-order valence-corrected chi connectivity index (χ3v) is 6.03. The lowest BCUT2D eigenvalue weighted by molar-refractivity contribution is -0.272. The molecule has 0 saturated carbocycles. The lowest BCUT2D eigenvalue weighted by atomic mass is 9.77. The van der Waals surface area contributed by atoms with Gasteiger partial charge in [-0.15, -0.1) is 0 Å². The van der Waals surface area contributed by atoms with Gasteiger partial charge in [-0.3, -0.25) is 19.4 Å². The maximum absolute atomic E-state index is 14.4. The largest absolute Gasteiger partial charge is 0.493 e. The Morgan fingerprint density at radius 3 is 2.46 bits per heavy atom. The molecule has 4 atom stereocenters. The first-order chi connectivity index (χ1) is 16.4. The molecule has 8 nitrogen and oxygen atoms in total. The summed E-state index contributed by atoms with van der Waals surface area (Å²) < 4.78 is 80.4. The molecule has 0 radical (unpaired) electrons. The summed E-state index contributed by atoms with van der Waals surface area (Å²) in [6.45, 7) is 1.98. The Morgan fingerprint density at radius 2 is 1.86 bits per heavy atom. The number of nitrogens with one attached hydrogen (secondary N) is 2. The van der Waals surface area contributed by atoms with Gasteiger partial charge in [0.2, 0.25) is 5.82 Å². The van der Waals surface area contributed by atoms with E-state index in [0.29, 0.717) is 0 Å². The topological polar surface area (TPSA) is 98.8 Å². The molecule has 2 N–H and O–H groups in total. The predicted octanol–water partition coefficient (Wildman–Crippen LogP) is 3.74. The molecule has 0 unspecified atom stereocenters. The zero-order chi connectivity index (χ0) is 26.1. The molecule has 1 aromatic heterocycles. The van der Waals surface area contributed by atoms with Crippen molar-refractivity contribution in [3.05, 3.63) is 53.4 Å². The molecular weight excluding hydrogens is 481 g/mol. The van der Waals surface area contributed by atoms with E-state index >= 15 is 0 Å². The fourth-order valence-electron chi connectivity index (χ4n) is 4.03. The van der Waals surface area contributed by atoms with Gasteiger partial charge >= 0.3 is 6.18 Å². The van der Waals surface area contributed by atoms with Crippen LogP contribution in [0.2, 0.25) is 0 Å². The molecule has 2 amide bonds. The SMILES string of the molecule is CONC(=O)c1cc(NC(=O)[C@@H]2O[C@@](C)(C(F)(F)F)[C@@H](C)[C@H]2c2ccc(F)c(F)c2OC)ccn1. The highest BCUT2D eigenvalue weighted by Crippen LogP contribution is 2.55. The summed E-state index contributed by atoms with van der Waals surface area (Å²) >= 11 is 0. The molecule has 3 rings (SSSR count). The van der Waals surface area contributed by atoms with Gasteiger partial charge in [0.15, 0.2) is 17.2 Å². The normalized spacial score (nSPS) is 24.2. The van der Waals surface area contributed by atoms with Crippen LogP contribution in [0.5, 0.6) is 5.75 Å². The van der Waals surface area contributed by atoms with Crippen molar-refractivity contribution in [1.29, 1.82) is 0 Å². The molecule has 1 saturated heterocycles. The number of hydrogen-bond acceptors (Lipinski definition) is 6. The maximum atomic E-state index is 14.4. The van der Waals surface area contributed by atoms with Crippen LogP contribution in [-0.4, -0.2) is 48.9 Å². The number of ether oxygens (including phenoxy) is 2. The van der Waals surface area contributed by atoms with E-state index < -0.39 is 58.9 Å². The molecule has 1 aromatic carbocycles. The molecular formula is C22H22F5N3O5. The Labute approximate surface area is 196 Å². The van der Waals surface area contributed by atoms with Gasteiger partial charge in [-0.25, -0.2) is 9.87 Å². The Bertz CT molecular complexity index is 1130. The number of carbonyl (C=O) groups excluding carboxylic acids is 2. The summed E-state index contributed by atoms with van der Waals surface area (Å²) in [5, 5.41) is 2.39. The Morgan fingerprint density at radius 1 is 1.17 bits per heavy atom. The number of pyridine rings is 1. The Kier molecular flexibility index (Phi) is 7.31. The predicted molar refractivity (Wildman–Crippen MR) is 111 cm³/mol. The van der Waals surface area contributed by atoms with Crippen LogP contribution in [0.15, 0.2) is 30.5 Å². The number of carbonyl (C=O) groups is 2. The van der Waals surface area contributed by atoms with E-state index in [2.05, 4.69) is 15.1 Å². The minimum absolute atomic E-state index is 0.0270. The number of aromatic nitrogens is 1. The van der Waals surface area contributed by atoms with Crippen molar-refractivity contribution in [2.45, 2.75) is 37.6 Å². The minimum atomic E-state index is -4.90. The summed E-state index contributed by atoms with van der Waals surface area (Å²) in [5.74, 6) is -7.82. The van der Waals surface area contributed by atoms with E-state index in [9.17, 15) is 31.5 Å². The van der Waals surface area contributed by atoms with Crippen molar-refractivity contribution in [2.24, 2.45) is 5.92 Å². The number of methoxy groups -OCH3 is 1. The second-order valence-corrected chi connectivity index (χ2v) is 8.00. The summed E-state index contributed by atoms with van der Waals surface area (Å²) in [5.41, 5.74) is -1.04. The van der Waals surface area contributed by atoms with Gasteiger partial charge < -0.3 is 14.8 Å². The zero-order valence-corrected chi connectivity index (χ0v) is 19.0. The van der Waals surface area contributed by atoms with Gasteiger partial charge in [0.05, 0.1) is 14.2 Å². The zero-order valence-electron chi connectivity index (χ0n) is 19.0. The van der Waals surface area contributed by atoms with Crippen LogP contribution in [0.25, 0.3) is 0 Å². The van der Waals surface area contributed by atoms with Gasteiger partial charge in [0.25, 0.3) is 11.8 Å². The second-order valence-electron chi connectivity index (χ2n) is 8.00. The van der Waals surface area contributed by atoms with Gasteiger partial charge in [-0.05, 0) is 25.1 Å². The number of hydroxylamine groups is 1. The summed E-state index contributed by atoms with van der Waals surface area (Å²) in [7, 11) is 2.23. The number of hydrogen-bond donors (Lipinski definition) is 2. The lowest BCUT2D eigenvalue weighted by Gasteiger charge is -2.32. The van der Waals surface area contributed by atoms with E-state index in [1.54, 1.807) is 0 Å². The molecule has 0 bridgehead atoms. The molecule has 13 heteroatoms. The third kappa shape index (κ3) is 4.78. The van der Waals surface area contributed by atoms with Crippen molar-refractivity contribution in [1.82, 2.24) is 10.5 Å². The standard InChI is InChI=1S/C22H22F5N3O5/c1-10-15(12-5-6-13(23)16(24)17(12)33-3)18(35-21(10,2)22(25,26)27)20(32)29-11-7-8-28-14(9-11)19(31)30-34-4/h5-10,15,18H,1-4H3,(H,30,31)(H,28,29,32)/t10-,15-,18+,21+/m0/s1. The van der Waals surface area contributed by atoms with Gasteiger partial charge in [0.1, 0.15) is 11.8 Å². The average molecular weight is 503 g/mol. The Hall–Kier alpha value is -3.32. The third-order valence-electron chi connectivity index (χ3n) is 6.03. The minimum Gasteiger partial charge on any atom is -0.493 e. The number of benzene rings is 1. The van der Waals surface area contributed by atoms with Gasteiger partial charge in [-0.1, -0.05) is 13.0 Å². The van der Waals surface area contributed by atoms with Crippen LogP contribution in [-0.2, 0) is 14.4 Å². The van der Waals surface area contributed by atoms with E-state index in [1.807, 2.05) is 5.48 Å². The first-order valence-electron chi connectivity index (χ1n) is 10.2. The number of rotatable bonds is 6. The van der Waals surface area contributed by atoms with Crippen LogP contribution >= 0.6 is 0 Å². The quantitative estimate of drug-likeness (QED) is 0.461. The van der Waals surface area contributed by atoms with E-state index in [1.165, 1.54) is 32.4 Å². The van der Waals surface area contributed by atoms with Crippen molar-refractivity contribution in [2.75, 3.05) is 19.5 Å². The number of anilines is 1. The van der Waals surface area contributed by atoms with Crippen LogP contribution in [0.3, 0.4) is 0 Å². The van der Waals surface area contributed by atoms with E-state index in [4.69, 9.17) is 9.47 Å². The average Bonchev–Trinajstić information content (AvgIpc) is 3.08. The highest BCUT2D eigenvalue weighted by molar-refractivity contribution is 5.97. The number of alkyl halides is 3. The molecule has 1 aliphatic heterocycles. The fourth-order valence-corrected chi connectivity index (χ4v) is 4.03. The number of halogens is 5. The van der Waals surface area contributed by atoms with E-state index in [-0.39, 0.29) is 16.9 Å². The molecule has 1 fully saturated rings. The molecule has 2 heterocycles. The first kappa shape index (κ1) is 26.3. The molecule has 2 aromatic rings. The van der Waals surface area contributed by atoms with Crippen LogP contribution in [0.4, 0.5) is 27.6 Å². The highest BCUT2D eigenvalue weighted by Gasteiger charge is 2.65. The maximum Gasteiger partial charge on any atom is 0.417 e. The number of nitrogens with zero attached hydrogens (tertiary/aromatic N) is 1. The van der Waals surface area contributed by atoms with Crippen molar-refractivity contribution >= 4 is 17.5 Å². The lowest BCUT2D eigenvalue weighted by Crippen LogP contribution is -2.47. The smallest absolute Gasteiger partial charge is 0.417 e. The van der Waals surface area contributed by atoms with Crippen molar-refractivity contribution < 1.29 is 45.9 Å². The Balaban J connectivity index is 2.03. The molecule has 1 aliphatic rings. The first-order valence-corrected chi connectivity index (χ1v) is 10.2. The molecule has 35 heavy (non-hydrogen) atoms. The summed E-state index contributed by atoms with van der Waals surface area (Å²) in [6, 6.07) is 4.27. The van der Waals surface area contributed by atoms with Gasteiger partial charge in [-0.2, -0.15) is 17.6 Å². The van der Waals surface area contributed by atoms with Crippen LogP contribution < -0.4 is 15.5 Å². The van der Waals surface area contributed by atoms with Gasteiger partial charge in [0, 0.05) is 29.3 Å².